The Balaban J connectivity index is 0. The van der Waals surface area contributed by atoms with Gasteiger partial charge in [-0.15, -0.1) is 0 Å². The summed E-state index contributed by atoms with van der Waals surface area (Å²) >= 11 is -3.11. The van der Waals surface area contributed by atoms with Gasteiger partial charge in [0.1, 0.15) is 0 Å². The molecule has 37 valence electrons. The second-order valence-corrected chi connectivity index (χ2v) is 15.9. The molecule has 0 fully saturated rings. The summed E-state index contributed by atoms with van der Waals surface area (Å²) in [4.78, 5) is 0. The molecule has 0 aromatic carbocycles. The molecule has 0 aromatic heterocycles. The summed E-state index contributed by atoms with van der Waals surface area (Å²) in [6.07, 6.45) is 0. The number of hydrogen-bond donors (Lipinski definition) is 0. The maximum absolute atomic E-state index is 5.01. The van der Waals surface area contributed by atoms with Crippen LogP contribution in [0.4, 0.5) is 0 Å². The fraction of sp³-hybridized carbons (Fsp3) is 0. The van der Waals surface area contributed by atoms with E-state index >= 15 is 0 Å². The summed E-state index contributed by atoms with van der Waals surface area (Å²) in [5, 5.41) is 0. The molecule has 0 aliphatic rings. The molecular formula is Cl4TaTi. The van der Waals surface area contributed by atoms with Crippen molar-refractivity contribution in [1.29, 1.82) is 0 Å². The molecule has 0 saturated carbocycles. The minimum absolute atomic E-state index is 0. The Hall–Kier alpha value is 2.61. The van der Waals surface area contributed by atoms with Gasteiger partial charge in [0.25, 0.3) is 0 Å². The smallest absolute Gasteiger partial charge is 0 e. The van der Waals surface area contributed by atoms with E-state index in [2.05, 4.69) is 0 Å². The molecule has 0 saturated heterocycles. The van der Waals surface area contributed by atoms with Gasteiger partial charge in [0.05, 0.1) is 0 Å². The van der Waals surface area contributed by atoms with Crippen LogP contribution in [0.2, 0.25) is 0 Å². The average molecular weight is 371 g/mol. The standard InChI is InChI=1S/4ClH.Ta.Ti/h4*1H;;/q;;;;;+4/p-4. The van der Waals surface area contributed by atoms with E-state index in [-0.39, 0.29) is 22.4 Å². The topological polar surface area (TPSA) is 0 Å². The third-order valence-corrected chi connectivity index (χ3v) is 0. The van der Waals surface area contributed by atoms with Crippen molar-refractivity contribution in [2.24, 2.45) is 0 Å². The SMILES string of the molecule is [Cl][Ti]([Cl])([Cl])[Cl].[Ta]. The van der Waals surface area contributed by atoms with Crippen molar-refractivity contribution in [2.45, 2.75) is 0 Å². The minimum atomic E-state index is -3.11. The summed E-state index contributed by atoms with van der Waals surface area (Å²) in [6.45, 7) is 0. The molecule has 0 aliphatic heterocycles. The van der Waals surface area contributed by atoms with Crippen LogP contribution in [0.15, 0.2) is 0 Å². The molecule has 0 spiro atoms. The van der Waals surface area contributed by atoms with Gasteiger partial charge >= 0.3 is 49.6 Å². The first kappa shape index (κ1) is 11.4. The van der Waals surface area contributed by atoms with E-state index in [1.165, 1.54) is 0 Å². The van der Waals surface area contributed by atoms with Gasteiger partial charge in [-0.2, -0.15) is 0 Å². The summed E-state index contributed by atoms with van der Waals surface area (Å²) in [6, 6.07) is 0. The molecular weight excluding hydrogens is 371 g/mol. The summed E-state index contributed by atoms with van der Waals surface area (Å²) in [5.74, 6) is 0. The quantitative estimate of drug-likeness (QED) is 0.575. The van der Waals surface area contributed by atoms with E-state index in [1.807, 2.05) is 0 Å². The molecule has 0 nitrogen and oxygen atoms in total. The van der Waals surface area contributed by atoms with Crippen molar-refractivity contribution in [3.63, 3.8) is 0 Å². The van der Waals surface area contributed by atoms with Gasteiger partial charge in [0, 0.05) is 22.4 Å². The average Bonchev–Trinajstić information content (AvgIpc) is 0.722. The molecule has 0 aliphatic carbocycles. The van der Waals surface area contributed by atoms with Gasteiger partial charge in [-0.05, 0) is 0 Å². The molecule has 6 heteroatoms. The fourth-order valence-corrected chi connectivity index (χ4v) is 0. The van der Waals surface area contributed by atoms with Crippen LogP contribution in [-0.4, -0.2) is 0 Å². The van der Waals surface area contributed by atoms with Gasteiger partial charge in [0.15, 0.2) is 0 Å². The third kappa shape index (κ3) is 30.5. The van der Waals surface area contributed by atoms with Gasteiger partial charge in [-0.3, -0.25) is 0 Å². The molecule has 0 aromatic rings. The van der Waals surface area contributed by atoms with Gasteiger partial charge < -0.3 is 0 Å². The van der Waals surface area contributed by atoms with Gasteiger partial charge in [0.2, 0.25) is 0 Å². The molecule has 0 heterocycles. The molecule has 0 bridgehead atoms. The van der Waals surface area contributed by atoms with E-state index in [4.69, 9.17) is 37.2 Å². The van der Waals surface area contributed by atoms with Crippen LogP contribution in [0.1, 0.15) is 0 Å². The zero-order valence-electron chi connectivity index (χ0n) is 2.46. The van der Waals surface area contributed by atoms with E-state index in [1.54, 1.807) is 0 Å². The minimum Gasteiger partial charge on any atom is 0 e. The molecule has 1 radical (unpaired) electrons. The summed E-state index contributed by atoms with van der Waals surface area (Å²) in [5.41, 5.74) is 0. The Morgan fingerprint density at radius 3 is 0.833 bits per heavy atom. The first-order valence-corrected chi connectivity index (χ1v) is 9.35. The maximum Gasteiger partial charge on any atom is 0 e. The third-order valence-electron chi connectivity index (χ3n) is 0. The largest absolute Gasteiger partial charge is 0 e. The predicted octanol–water partition coefficient (Wildman–Crippen LogP) is 2.75. The summed E-state index contributed by atoms with van der Waals surface area (Å²) < 4.78 is 0. The fourth-order valence-electron chi connectivity index (χ4n) is 0. The van der Waals surface area contributed by atoms with E-state index < -0.39 is 12.3 Å². The molecule has 0 amide bonds. The molecule has 0 atom stereocenters. The zero-order chi connectivity index (χ0) is 4.50. The van der Waals surface area contributed by atoms with Crippen molar-refractivity contribution < 1.29 is 34.7 Å². The molecule has 0 N–H and O–H groups in total. The van der Waals surface area contributed by atoms with Crippen LogP contribution in [-0.2, 0) is 34.7 Å². The number of hydrogen-bond acceptors (Lipinski definition) is 0. The van der Waals surface area contributed by atoms with Crippen LogP contribution in [0.25, 0.3) is 0 Å². The predicted molar refractivity (Wildman–Crippen MR) is 23.4 cm³/mol. The first-order valence-electron chi connectivity index (χ1n) is 0.756. The Labute approximate surface area is 70.8 Å². The Morgan fingerprint density at radius 2 is 0.833 bits per heavy atom. The normalized spacial score (nSPS) is 10.0. The van der Waals surface area contributed by atoms with Gasteiger partial charge in [-0.25, -0.2) is 0 Å². The monoisotopic (exact) mass is 369 g/mol. The molecule has 6 heavy (non-hydrogen) atoms. The van der Waals surface area contributed by atoms with Crippen LogP contribution in [0, 0.1) is 0 Å². The van der Waals surface area contributed by atoms with Crippen molar-refractivity contribution in [2.75, 3.05) is 0 Å². The number of rotatable bonds is 0. The van der Waals surface area contributed by atoms with Crippen LogP contribution in [0.5, 0.6) is 0 Å². The van der Waals surface area contributed by atoms with Crippen molar-refractivity contribution in [3.8, 4) is 0 Å². The molecule has 0 unspecified atom stereocenters. The summed E-state index contributed by atoms with van der Waals surface area (Å²) in [7, 11) is 20.1. The Morgan fingerprint density at radius 1 is 0.833 bits per heavy atom. The van der Waals surface area contributed by atoms with Crippen molar-refractivity contribution in [3.05, 3.63) is 0 Å². The van der Waals surface area contributed by atoms with Crippen molar-refractivity contribution in [1.82, 2.24) is 0 Å². The van der Waals surface area contributed by atoms with Crippen LogP contribution < -0.4 is 0 Å². The van der Waals surface area contributed by atoms with Crippen LogP contribution in [0.3, 0.4) is 0 Å². The Kier molecular flexibility index (Phi) is 8.54. The second-order valence-electron chi connectivity index (χ2n) is 0.429. The van der Waals surface area contributed by atoms with E-state index in [9.17, 15) is 0 Å². The number of halogens is 4. The maximum atomic E-state index is 5.01. The van der Waals surface area contributed by atoms with E-state index in [0.29, 0.717) is 0 Å². The Bertz CT molecular complexity index is 23.0. The van der Waals surface area contributed by atoms with Gasteiger partial charge in [-0.1, -0.05) is 0 Å². The van der Waals surface area contributed by atoms with Crippen LogP contribution >= 0.6 is 37.2 Å². The molecule has 0 rings (SSSR count). The van der Waals surface area contributed by atoms with Crippen molar-refractivity contribution >= 4 is 37.2 Å². The van der Waals surface area contributed by atoms with E-state index in [0.717, 1.165) is 0 Å². The zero-order valence-corrected chi connectivity index (χ0v) is 10.3. The second kappa shape index (κ2) is 4.49. The first-order chi connectivity index (χ1) is 2.00.